The molecule has 4 heteroatoms. The third kappa shape index (κ3) is 3.26. The van der Waals surface area contributed by atoms with Crippen LogP contribution in [-0.2, 0) is 11.2 Å². The molecule has 1 fully saturated rings. The Balaban J connectivity index is 1.88. The molecule has 0 spiro atoms. The highest BCUT2D eigenvalue weighted by Gasteiger charge is 2.24. The van der Waals surface area contributed by atoms with Gasteiger partial charge in [-0.1, -0.05) is 6.07 Å². The van der Waals surface area contributed by atoms with Crippen molar-refractivity contribution in [2.24, 2.45) is 5.92 Å². The summed E-state index contributed by atoms with van der Waals surface area (Å²) in [7, 11) is 1.69. The first-order valence-corrected chi connectivity index (χ1v) is 6.74. The number of benzene rings is 1. The lowest BCUT2D eigenvalue weighted by Gasteiger charge is -2.25. The average molecular weight is 262 g/mol. The molecular weight excluding hydrogens is 240 g/mol. The van der Waals surface area contributed by atoms with Gasteiger partial charge < -0.3 is 15.4 Å². The first kappa shape index (κ1) is 13.9. The highest BCUT2D eigenvalue weighted by Crippen LogP contribution is 2.22. The van der Waals surface area contributed by atoms with Crippen LogP contribution in [0.4, 0.5) is 0 Å². The van der Waals surface area contributed by atoms with Gasteiger partial charge in [-0.2, -0.15) is 0 Å². The third-order valence-corrected chi connectivity index (χ3v) is 3.70. The minimum absolute atomic E-state index is 0.165. The fourth-order valence-corrected chi connectivity index (χ4v) is 2.28. The summed E-state index contributed by atoms with van der Waals surface area (Å²) in [4.78, 5) is 11.7. The third-order valence-electron chi connectivity index (χ3n) is 3.70. The van der Waals surface area contributed by atoms with Gasteiger partial charge in [0.25, 0.3) is 0 Å². The molecule has 0 saturated carbocycles. The molecule has 0 aliphatic carbocycles. The van der Waals surface area contributed by atoms with E-state index in [0.717, 1.165) is 30.8 Å². The van der Waals surface area contributed by atoms with Gasteiger partial charge >= 0.3 is 0 Å². The molecule has 1 aliphatic rings. The number of nitrogens with one attached hydrogen (secondary N) is 2. The maximum absolute atomic E-state index is 11.7. The van der Waals surface area contributed by atoms with Crippen molar-refractivity contribution in [3.63, 3.8) is 0 Å². The van der Waals surface area contributed by atoms with Crippen molar-refractivity contribution in [1.29, 1.82) is 0 Å². The lowest BCUT2D eigenvalue weighted by Crippen LogP contribution is -2.51. The zero-order chi connectivity index (χ0) is 13.8. The second-order valence-electron chi connectivity index (χ2n) is 5.14. The van der Waals surface area contributed by atoms with Crippen molar-refractivity contribution in [3.05, 3.63) is 28.8 Å². The largest absolute Gasteiger partial charge is 0.496 e. The lowest BCUT2D eigenvalue weighted by molar-refractivity contribution is -0.126. The fraction of sp³-hybridized carbons (Fsp3) is 0.533. The first-order chi connectivity index (χ1) is 9.11. The van der Waals surface area contributed by atoms with Crippen molar-refractivity contribution < 1.29 is 9.53 Å². The Bertz CT molecular complexity index is 467. The van der Waals surface area contributed by atoms with Crippen LogP contribution >= 0.6 is 0 Å². The molecule has 2 rings (SSSR count). The minimum Gasteiger partial charge on any atom is -0.496 e. The second kappa shape index (κ2) is 6.06. The lowest BCUT2D eigenvalue weighted by atomic mass is 10.0. The number of amides is 1. The van der Waals surface area contributed by atoms with Gasteiger partial charge in [0.05, 0.1) is 13.0 Å². The molecular formula is C15H22N2O2. The van der Waals surface area contributed by atoms with Gasteiger partial charge in [0, 0.05) is 19.6 Å². The van der Waals surface area contributed by atoms with Crippen molar-refractivity contribution in [3.8, 4) is 5.75 Å². The Labute approximate surface area is 114 Å². The summed E-state index contributed by atoms with van der Waals surface area (Å²) in [5.74, 6) is 1.26. The van der Waals surface area contributed by atoms with E-state index in [-0.39, 0.29) is 11.8 Å². The van der Waals surface area contributed by atoms with Gasteiger partial charge in [-0.3, -0.25) is 4.79 Å². The Morgan fingerprint density at radius 1 is 1.37 bits per heavy atom. The van der Waals surface area contributed by atoms with Crippen LogP contribution in [0.3, 0.4) is 0 Å². The first-order valence-electron chi connectivity index (χ1n) is 6.74. The summed E-state index contributed by atoms with van der Waals surface area (Å²) >= 11 is 0. The minimum atomic E-state index is 0.165. The van der Waals surface area contributed by atoms with Crippen molar-refractivity contribution in [1.82, 2.24) is 10.6 Å². The van der Waals surface area contributed by atoms with E-state index in [9.17, 15) is 4.79 Å². The van der Waals surface area contributed by atoms with E-state index in [1.807, 2.05) is 6.92 Å². The Morgan fingerprint density at radius 2 is 2.11 bits per heavy atom. The number of hydrogen-bond acceptors (Lipinski definition) is 3. The smallest absolute Gasteiger partial charge is 0.225 e. The summed E-state index contributed by atoms with van der Waals surface area (Å²) in [6.45, 7) is 6.44. The normalized spacial score (nSPS) is 14.9. The Kier molecular flexibility index (Phi) is 4.43. The molecule has 4 nitrogen and oxygen atoms in total. The van der Waals surface area contributed by atoms with Crippen LogP contribution in [0.1, 0.15) is 16.7 Å². The van der Waals surface area contributed by atoms with E-state index in [1.165, 1.54) is 11.1 Å². The van der Waals surface area contributed by atoms with Crippen molar-refractivity contribution in [2.75, 3.05) is 26.7 Å². The predicted octanol–water partition coefficient (Wildman–Crippen LogP) is 1.19. The monoisotopic (exact) mass is 262 g/mol. The molecule has 1 aromatic rings. The SMILES string of the molecule is COc1cc(C)c(CCNC(=O)C2CNC2)cc1C. The summed E-state index contributed by atoms with van der Waals surface area (Å²) < 4.78 is 5.30. The summed E-state index contributed by atoms with van der Waals surface area (Å²) in [6.07, 6.45) is 0.864. The van der Waals surface area contributed by atoms with E-state index < -0.39 is 0 Å². The zero-order valence-corrected chi connectivity index (χ0v) is 11.9. The molecule has 0 aromatic heterocycles. The number of carbonyl (C=O) groups excluding carboxylic acids is 1. The Morgan fingerprint density at radius 3 is 2.68 bits per heavy atom. The predicted molar refractivity (Wildman–Crippen MR) is 75.5 cm³/mol. The molecule has 1 aromatic carbocycles. The second-order valence-corrected chi connectivity index (χ2v) is 5.14. The standard InChI is InChI=1S/C15H22N2O2/c1-10-7-14(19-3)11(2)6-12(10)4-5-17-15(18)13-8-16-9-13/h6-7,13,16H,4-5,8-9H2,1-3H3,(H,17,18). The van der Waals surface area contributed by atoms with Gasteiger partial charge in [0.2, 0.25) is 5.91 Å². The topological polar surface area (TPSA) is 50.4 Å². The number of hydrogen-bond donors (Lipinski definition) is 2. The highest BCUT2D eigenvalue weighted by molar-refractivity contribution is 5.79. The van der Waals surface area contributed by atoms with E-state index >= 15 is 0 Å². The molecule has 0 bridgehead atoms. The molecule has 1 heterocycles. The number of ether oxygens (including phenoxy) is 1. The zero-order valence-electron chi connectivity index (χ0n) is 11.9. The van der Waals surface area contributed by atoms with Crippen LogP contribution in [-0.4, -0.2) is 32.7 Å². The van der Waals surface area contributed by atoms with Gasteiger partial charge in [-0.15, -0.1) is 0 Å². The van der Waals surface area contributed by atoms with Crippen LogP contribution in [0.5, 0.6) is 5.75 Å². The van der Waals surface area contributed by atoms with Crippen LogP contribution < -0.4 is 15.4 Å². The van der Waals surface area contributed by atoms with Crippen LogP contribution in [0, 0.1) is 19.8 Å². The van der Waals surface area contributed by atoms with Crippen LogP contribution in [0.25, 0.3) is 0 Å². The molecule has 0 atom stereocenters. The van der Waals surface area contributed by atoms with E-state index in [2.05, 4.69) is 29.7 Å². The van der Waals surface area contributed by atoms with E-state index in [4.69, 9.17) is 4.74 Å². The Hall–Kier alpha value is -1.55. The summed E-state index contributed by atoms with van der Waals surface area (Å²) in [6, 6.07) is 4.20. The molecule has 1 saturated heterocycles. The van der Waals surface area contributed by atoms with Gasteiger partial charge in [0.1, 0.15) is 5.75 Å². The molecule has 104 valence electrons. The summed E-state index contributed by atoms with van der Waals surface area (Å²) in [5, 5.41) is 6.10. The molecule has 0 unspecified atom stereocenters. The average Bonchev–Trinajstić information content (AvgIpc) is 2.30. The highest BCUT2D eigenvalue weighted by atomic mass is 16.5. The van der Waals surface area contributed by atoms with E-state index in [1.54, 1.807) is 7.11 Å². The molecule has 2 N–H and O–H groups in total. The molecule has 0 radical (unpaired) electrons. The molecule has 1 amide bonds. The van der Waals surface area contributed by atoms with Gasteiger partial charge in [-0.25, -0.2) is 0 Å². The number of rotatable bonds is 5. The van der Waals surface area contributed by atoms with Crippen molar-refractivity contribution in [2.45, 2.75) is 20.3 Å². The van der Waals surface area contributed by atoms with Crippen LogP contribution in [0.2, 0.25) is 0 Å². The number of carbonyl (C=O) groups is 1. The van der Waals surface area contributed by atoms with Gasteiger partial charge in [-0.05, 0) is 43.0 Å². The van der Waals surface area contributed by atoms with Gasteiger partial charge in [0.15, 0.2) is 0 Å². The molecule has 19 heavy (non-hydrogen) atoms. The van der Waals surface area contributed by atoms with E-state index in [0.29, 0.717) is 6.54 Å². The fourth-order valence-electron chi connectivity index (χ4n) is 2.28. The van der Waals surface area contributed by atoms with Crippen LogP contribution in [0.15, 0.2) is 12.1 Å². The summed E-state index contributed by atoms with van der Waals surface area (Å²) in [5.41, 5.74) is 3.62. The quantitative estimate of drug-likeness (QED) is 0.838. The number of methoxy groups -OCH3 is 1. The maximum atomic E-state index is 11.7. The van der Waals surface area contributed by atoms with Crippen molar-refractivity contribution >= 4 is 5.91 Å². The molecule has 1 aliphatic heterocycles. The maximum Gasteiger partial charge on any atom is 0.225 e. The number of aryl methyl sites for hydroxylation is 2.